The maximum atomic E-state index is 12.8. The molecule has 0 aliphatic heterocycles. The van der Waals surface area contributed by atoms with Crippen molar-refractivity contribution in [3.8, 4) is 86.3 Å². The topological polar surface area (TPSA) is 26.3 Å². The molecule has 0 atom stereocenters. The molecule has 10 aromatic rings. The van der Waals surface area contributed by atoms with Gasteiger partial charge < -0.3 is 4.74 Å². The van der Waals surface area contributed by atoms with Gasteiger partial charge in [0.2, 0.25) is 0 Å². The predicted molar refractivity (Wildman–Crippen MR) is 432 cm³/mol. The van der Waals surface area contributed by atoms with Crippen molar-refractivity contribution in [1.29, 1.82) is 0 Å². The van der Waals surface area contributed by atoms with Gasteiger partial charge in [0.25, 0.3) is 0 Å². The highest BCUT2D eigenvalue weighted by Crippen LogP contribution is 2.79. The van der Waals surface area contributed by atoms with E-state index in [4.69, 9.17) is 4.74 Å². The first-order valence-corrected chi connectivity index (χ1v) is 41.9. The molecule has 518 valence electrons. The Morgan fingerprint density at radius 1 is 0.392 bits per heavy atom. The highest BCUT2D eigenvalue weighted by Gasteiger charge is 2.71. The lowest BCUT2D eigenvalue weighted by Gasteiger charge is -2.67. The summed E-state index contributed by atoms with van der Waals surface area (Å²) in [5, 5.41) is 0. The van der Waals surface area contributed by atoms with Crippen LogP contribution in [0, 0.1) is 39.4 Å². The molecule has 0 unspecified atom stereocenters. The lowest BCUT2D eigenvalue weighted by Crippen LogP contribution is -2.62. The molecule has 2 nitrogen and oxygen atoms in total. The standard InChI is InChI=1S/C97H100O2S3/c1-10-38-93-48-18-50-94(39-11-2,51-19-49-93)97(93)76-52-61(5)20-30-70(76)75-35-29-68(58-81(75)97)85-60-87-86(102-85)59-84(101-87)67-28-34-74-72-32-26-65(55-78(72)96(80(74)57-67)91(8)44-16-46-92(96,9)47-17-45-91)64-25-31-71-73-33-27-66(56-79(73)95(77(71)54-64)89(6)40-14-42-90(95,7)43-15-41-89)83-37-36-82(100-83)63-23-21-62(22-24-63)53-88(98)99-69(12-3)13-4/h12-13,20-37,52,54-60,69H,3-4,10-11,14-19,38-51,53H2,1-2,5-9H3. The number of aryl methyl sites for hydroxylation is 1. The van der Waals surface area contributed by atoms with E-state index in [-0.39, 0.29) is 50.3 Å². The van der Waals surface area contributed by atoms with E-state index in [1.54, 1.807) is 45.5 Å². The normalized spacial score (nSPS) is 29.6. The van der Waals surface area contributed by atoms with E-state index >= 15 is 0 Å². The number of rotatable bonds is 14. The van der Waals surface area contributed by atoms with E-state index in [2.05, 4.69) is 219 Å². The van der Waals surface area contributed by atoms with Crippen LogP contribution in [0.3, 0.4) is 0 Å². The molecule has 6 saturated carbocycles. The summed E-state index contributed by atoms with van der Waals surface area (Å²) < 4.78 is 8.38. The second-order valence-corrected chi connectivity index (χ2v) is 38.2. The van der Waals surface area contributed by atoms with Crippen molar-refractivity contribution in [2.24, 2.45) is 32.5 Å². The zero-order valence-corrected chi connectivity index (χ0v) is 63.9. The fourth-order valence-electron chi connectivity index (χ4n) is 26.6. The summed E-state index contributed by atoms with van der Waals surface area (Å²) in [5.74, 6) is -0.282. The van der Waals surface area contributed by atoms with E-state index in [9.17, 15) is 4.79 Å². The minimum Gasteiger partial charge on any atom is -0.454 e. The summed E-state index contributed by atoms with van der Waals surface area (Å²) in [6.07, 6.45) is 31.6. The average Bonchev–Trinajstić information content (AvgIpc) is 1.47. The summed E-state index contributed by atoms with van der Waals surface area (Å²) >= 11 is 5.94. The molecule has 0 saturated heterocycles. The third kappa shape index (κ3) is 8.71. The average molecular weight is 1390 g/mol. The van der Waals surface area contributed by atoms with Gasteiger partial charge in [0.05, 0.1) is 6.42 Å². The van der Waals surface area contributed by atoms with Gasteiger partial charge in [-0.25, -0.2) is 0 Å². The summed E-state index contributed by atoms with van der Waals surface area (Å²) in [6, 6.07) is 64.7. The number of carbonyl (C=O) groups excluding carboxylic acids is 1. The van der Waals surface area contributed by atoms with Gasteiger partial charge >= 0.3 is 5.97 Å². The summed E-state index contributed by atoms with van der Waals surface area (Å²) in [7, 11) is 0. The van der Waals surface area contributed by atoms with E-state index in [1.807, 2.05) is 34.0 Å². The highest BCUT2D eigenvalue weighted by atomic mass is 32.1. The Labute approximate surface area is 619 Å². The van der Waals surface area contributed by atoms with E-state index in [1.165, 1.54) is 237 Å². The van der Waals surface area contributed by atoms with Gasteiger partial charge in [-0.1, -0.05) is 215 Å². The van der Waals surface area contributed by atoms with E-state index < -0.39 is 6.10 Å². The summed E-state index contributed by atoms with van der Waals surface area (Å²) in [4.78, 5) is 18.1. The van der Waals surface area contributed by atoms with Crippen LogP contribution in [0.5, 0.6) is 0 Å². The largest absolute Gasteiger partial charge is 0.454 e. The van der Waals surface area contributed by atoms with Crippen LogP contribution in [0.2, 0.25) is 0 Å². The Hall–Kier alpha value is -7.15. The minimum atomic E-state index is -0.483. The van der Waals surface area contributed by atoms with Crippen molar-refractivity contribution in [2.45, 2.75) is 218 Å². The van der Waals surface area contributed by atoms with Crippen molar-refractivity contribution >= 4 is 49.4 Å². The summed E-state index contributed by atoms with van der Waals surface area (Å²) in [6.45, 7) is 25.7. The van der Waals surface area contributed by atoms with Gasteiger partial charge in [-0.05, 0) is 302 Å². The van der Waals surface area contributed by atoms with Gasteiger partial charge in [0, 0.05) is 45.2 Å². The first-order chi connectivity index (χ1) is 49.4. The lowest BCUT2D eigenvalue weighted by molar-refractivity contribution is -0.144. The molecular formula is C97H100O2S3. The van der Waals surface area contributed by atoms with Gasteiger partial charge in [-0.2, -0.15) is 0 Å². The fraction of sp³-hybridized carbons (Fsp3) is 0.412. The zero-order chi connectivity index (χ0) is 69.6. The number of benzene rings is 7. The monoisotopic (exact) mass is 1390 g/mol. The quantitative estimate of drug-likeness (QED) is 0.0801. The van der Waals surface area contributed by atoms with Crippen LogP contribution in [0.1, 0.15) is 227 Å². The Morgan fingerprint density at radius 3 is 1.13 bits per heavy atom. The first kappa shape index (κ1) is 65.6. The number of hydrogen-bond donors (Lipinski definition) is 0. The number of carbonyl (C=O) groups is 1. The first-order valence-electron chi connectivity index (χ1n) is 39.5. The molecule has 0 N–H and O–H groups in total. The van der Waals surface area contributed by atoms with Crippen LogP contribution in [0.4, 0.5) is 0 Å². The molecule has 0 radical (unpaired) electrons. The molecule has 6 bridgehead atoms. The van der Waals surface area contributed by atoms with Crippen molar-refractivity contribution in [2.75, 3.05) is 0 Å². The molecular weight excluding hydrogens is 1290 g/mol. The van der Waals surface area contributed by atoms with Crippen LogP contribution in [0.25, 0.3) is 95.7 Å². The molecule has 102 heavy (non-hydrogen) atoms. The molecule has 7 aromatic carbocycles. The SMILES string of the molecule is C=CC(C=C)OC(=O)Cc1ccc(-c2ccc(-c3ccc4c(c3)C3(c5cc(-c6ccc7c(c6)C6(c8cc(-c9cc%10sc(-c%11ccc%12c(c%11)C%11(c%13cc(C)ccc%13-%12)C%12(CCC)CCCC%11(CCC)CCC%12)cc%10s9)ccc8-7)C7(C)CCCC6(C)CCC7)ccc5-4)C4(C)CCCC3(C)CCC4)s2)cc1. The molecule has 3 aromatic heterocycles. The van der Waals surface area contributed by atoms with Crippen LogP contribution in [0.15, 0.2) is 183 Å². The molecule has 6 fully saturated rings. The number of ether oxygens (including phenoxy) is 1. The van der Waals surface area contributed by atoms with Crippen molar-refractivity contribution in [3.63, 3.8) is 0 Å². The molecule has 19 rings (SSSR count). The summed E-state index contributed by atoms with van der Waals surface area (Å²) in [5.41, 5.74) is 30.0. The van der Waals surface area contributed by atoms with Crippen LogP contribution in [-0.2, 0) is 32.2 Å². The Morgan fingerprint density at radius 2 is 0.725 bits per heavy atom. The smallest absolute Gasteiger partial charge is 0.311 e. The number of thiophene rings is 3. The van der Waals surface area contributed by atoms with Crippen molar-refractivity contribution in [3.05, 3.63) is 228 Å². The van der Waals surface area contributed by atoms with Crippen LogP contribution < -0.4 is 0 Å². The fourth-order valence-corrected chi connectivity index (χ4v) is 30.0. The zero-order valence-electron chi connectivity index (χ0n) is 61.5. The number of hydrogen-bond acceptors (Lipinski definition) is 5. The molecule has 9 aliphatic rings. The highest BCUT2D eigenvalue weighted by molar-refractivity contribution is 7.31. The lowest BCUT2D eigenvalue weighted by atomic mass is 9.36. The van der Waals surface area contributed by atoms with Gasteiger partial charge in [0.15, 0.2) is 0 Å². The van der Waals surface area contributed by atoms with Gasteiger partial charge in [-0.3, -0.25) is 4.79 Å². The Kier molecular flexibility index (Phi) is 15.1. The number of esters is 1. The molecule has 0 amide bonds. The van der Waals surface area contributed by atoms with E-state index in [0.29, 0.717) is 10.8 Å². The van der Waals surface area contributed by atoms with Gasteiger partial charge in [-0.15, -0.1) is 34.0 Å². The number of fused-ring (bicyclic) bond motifs is 10. The molecule has 3 spiro atoms. The molecule has 5 heteroatoms. The van der Waals surface area contributed by atoms with Crippen molar-refractivity contribution < 1.29 is 9.53 Å². The maximum Gasteiger partial charge on any atom is 0.311 e. The second-order valence-electron chi connectivity index (χ2n) is 34.9. The molecule has 9 aliphatic carbocycles. The maximum absolute atomic E-state index is 12.8. The Balaban J connectivity index is 0.676. The second kappa shape index (κ2) is 23.4. The van der Waals surface area contributed by atoms with Crippen LogP contribution >= 0.6 is 34.0 Å². The minimum absolute atomic E-state index is 0.0601. The predicted octanol–water partition coefficient (Wildman–Crippen LogP) is 28.0. The van der Waals surface area contributed by atoms with Crippen molar-refractivity contribution in [1.82, 2.24) is 0 Å². The van der Waals surface area contributed by atoms with E-state index in [0.717, 1.165) is 11.1 Å². The molecule has 3 heterocycles. The Bertz CT molecular complexity index is 4990. The van der Waals surface area contributed by atoms with Gasteiger partial charge in [0.1, 0.15) is 6.10 Å². The third-order valence-corrected chi connectivity index (χ3v) is 33.6. The third-order valence-electron chi connectivity index (χ3n) is 30.0. The van der Waals surface area contributed by atoms with Crippen LogP contribution in [-0.4, -0.2) is 12.1 Å².